The maximum atomic E-state index is 12.3. The second kappa shape index (κ2) is 5.49. The molecule has 0 radical (unpaired) electrons. The van der Waals surface area contributed by atoms with Crippen molar-refractivity contribution in [3.63, 3.8) is 0 Å². The van der Waals surface area contributed by atoms with E-state index in [1.807, 2.05) is 4.90 Å². The normalized spacial score (nSPS) is 29.1. The molecule has 2 aliphatic rings. The highest BCUT2D eigenvalue weighted by atomic mass is 16.4. The summed E-state index contributed by atoms with van der Waals surface area (Å²) in [5.74, 6) is 0.0635. The molecule has 1 saturated heterocycles. The van der Waals surface area contributed by atoms with Gasteiger partial charge in [0.15, 0.2) is 0 Å². The van der Waals surface area contributed by atoms with Gasteiger partial charge in [-0.05, 0) is 30.6 Å². The molecule has 5 heteroatoms. The number of hydrogen-bond donors (Lipinski definition) is 2. The van der Waals surface area contributed by atoms with Crippen LogP contribution in [-0.4, -0.2) is 48.1 Å². The lowest BCUT2D eigenvalue weighted by Crippen LogP contribution is -2.44. The van der Waals surface area contributed by atoms with Crippen LogP contribution in [-0.2, 0) is 9.59 Å². The van der Waals surface area contributed by atoms with Gasteiger partial charge in [-0.25, -0.2) is 0 Å². The molecule has 19 heavy (non-hydrogen) atoms. The van der Waals surface area contributed by atoms with Crippen molar-refractivity contribution in [2.24, 2.45) is 17.3 Å². The van der Waals surface area contributed by atoms with Crippen molar-refractivity contribution in [2.75, 3.05) is 26.2 Å². The molecule has 0 bridgehead atoms. The number of carbonyl (C=O) groups excluding carboxylic acids is 1. The Kier molecular flexibility index (Phi) is 4.13. The van der Waals surface area contributed by atoms with E-state index in [0.29, 0.717) is 18.4 Å². The van der Waals surface area contributed by atoms with Crippen LogP contribution < -0.4 is 5.32 Å². The lowest BCUT2D eigenvalue weighted by atomic mass is 9.97. The van der Waals surface area contributed by atoms with Crippen molar-refractivity contribution in [3.05, 3.63) is 0 Å². The number of aliphatic carboxylic acids is 1. The molecule has 2 N–H and O–H groups in total. The Balaban J connectivity index is 1.77. The van der Waals surface area contributed by atoms with E-state index >= 15 is 0 Å². The predicted molar refractivity (Wildman–Crippen MR) is 71.7 cm³/mol. The summed E-state index contributed by atoms with van der Waals surface area (Å²) in [7, 11) is 0. The van der Waals surface area contributed by atoms with E-state index in [9.17, 15) is 9.59 Å². The Morgan fingerprint density at radius 3 is 2.68 bits per heavy atom. The molecule has 1 amide bonds. The van der Waals surface area contributed by atoms with Crippen molar-refractivity contribution in [2.45, 2.75) is 33.1 Å². The van der Waals surface area contributed by atoms with E-state index in [0.717, 1.165) is 32.4 Å². The minimum Gasteiger partial charge on any atom is -0.480 e. The van der Waals surface area contributed by atoms with Crippen LogP contribution in [0.3, 0.4) is 0 Å². The molecule has 0 spiro atoms. The van der Waals surface area contributed by atoms with Gasteiger partial charge in [-0.2, -0.15) is 0 Å². The summed E-state index contributed by atoms with van der Waals surface area (Å²) in [6.07, 6.45) is 3.10. The Labute approximate surface area is 114 Å². The zero-order valence-corrected chi connectivity index (χ0v) is 11.8. The number of nitrogens with zero attached hydrogens (tertiary/aromatic N) is 1. The van der Waals surface area contributed by atoms with Crippen LogP contribution in [0.4, 0.5) is 0 Å². The summed E-state index contributed by atoms with van der Waals surface area (Å²) in [4.78, 5) is 24.8. The van der Waals surface area contributed by atoms with Crippen LogP contribution in [0.25, 0.3) is 0 Å². The lowest BCUT2D eigenvalue weighted by Gasteiger charge is -2.33. The summed E-state index contributed by atoms with van der Waals surface area (Å²) in [6.45, 7) is 6.61. The lowest BCUT2D eigenvalue weighted by molar-refractivity contribution is -0.137. The number of hydrogen-bond acceptors (Lipinski definition) is 3. The van der Waals surface area contributed by atoms with Crippen LogP contribution in [0.2, 0.25) is 0 Å². The van der Waals surface area contributed by atoms with Gasteiger partial charge in [0.1, 0.15) is 0 Å². The first-order valence-corrected chi connectivity index (χ1v) is 7.11. The zero-order valence-electron chi connectivity index (χ0n) is 11.8. The molecule has 5 nitrogen and oxygen atoms in total. The number of carboxylic acids is 1. The molecule has 1 saturated carbocycles. The minimum atomic E-state index is -0.830. The van der Waals surface area contributed by atoms with Gasteiger partial charge in [-0.3, -0.25) is 9.59 Å². The zero-order chi connectivity index (χ0) is 14.0. The topological polar surface area (TPSA) is 69.6 Å². The first-order valence-electron chi connectivity index (χ1n) is 7.11. The number of amides is 1. The average Bonchev–Trinajstić information content (AvgIpc) is 2.97. The number of nitrogens with one attached hydrogen (secondary N) is 1. The fraction of sp³-hybridized carbons (Fsp3) is 0.857. The van der Waals surface area contributed by atoms with Crippen LogP contribution >= 0.6 is 0 Å². The number of carboxylic acid groups (broad SMARTS) is 1. The van der Waals surface area contributed by atoms with Crippen molar-refractivity contribution in [1.82, 2.24) is 10.2 Å². The first-order chi connectivity index (χ1) is 8.90. The number of piperidine rings is 1. The third-order valence-electron chi connectivity index (χ3n) is 4.35. The third kappa shape index (κ3) is 3.69. The molecular formula is C14H24N2O3. The smallest absolute Gasteiger partial charge is 0.317 e. The molecular weight excluding hydrogens is 244 g/mol. The van der Waals surface area contributed by atoms with Gasteiger partial charge >= 0.3 is 5.97 Å². The SMILES string of the molecule is CC1(C)CC1C(=O)N1CCCC(CNCC(=O)O)C1. The van der Waals surface area contributed by atoms with Gasteiger partial charge in [0.2, 0.25) is 5.91 Å². The molecule has 0 aromatic carbocycles. The summed E-state index contributed by atoms with van der Waals surface area (Å²) < 4.78 is 0. The Hall–Kier alpha value is -1.10. The van der Waals surface area contributed by atoms with E-state index in [1.54, 1.807) is 0 Å². The van der Waals surface area contributed by atoms with Gasteiger partial charge < -0.3 is 15.3 Å². The van der Waals surface area contributed by atoms with Crippen molar-refractivity contribution >= 4 is 11.9 Å². The number of carbonyl (C=O) groups is 2. The van der Waals surface area contributed by atoms with Crippen LogP contribution in [0, 0.1) is 17.3 Å². The van der Waals surface area contributed by atoms with Crippen molar-refractivity contribution in [3.8, 4) is 0 Å². The Morgan fingerprint density at radius 1 is 1.42 bits per heavy atom. The highest BCUT2D eigenvalue weighted by Gasteiger charge is 2.52. The maximum Gasteiger partial charge on any atom is 0.317 e. The predicted octanol–water partition coefficient (Wildman–Crippen LogP) is 0.945. The second-order valence-corrected chi connectivity index (χ2v) is 6.56. The Morgan fingerprint density at radius 2 is 2.11 bits per heavy atom. The molecule has 108 valence electrons. The van der Waals surface area contributed by atoms with Crippen molar-refractivity contribution < 1.29 is 14.7 Å². The van der Waals surface area contributed by atoms with Gasteiger partial charge in [-0.15, -0.1) is 0 Å². The van der Waals surface area contributed by atoms with E-state index in [1.165, 1.54) is 0 Å². The standard InChI is InChI=1S/C14H24N2O3/c1-14(2)6-11(14)13(19)16-5-3-4-10(9-16)7-15-8-12(17)18/h10-11,15H,3-9H2,1-2H3,(H,17,18). The molecule has 2 rings (SSSR count). The van der Waals surface area contributed by atoms with Gasteiger partial charge in [-0.1, -0.05) is 13.8 Å². The fourth-order valence-corrected chi connectivity index (χ4v) is 2.92. The van der Waals surface area contributed by atoms with E-state index in [-0.39, 0.29) is 17.9 Å². The molecule has 2 unspecified atom stereocenters. The molecule has 0 aromatic heterocycles. The quantitative estimate of drug-likeness (QED) is 0.779. The third-order valence-corrected chi connectivity index (χ3v) is 4.35. The summed E-state index contributed by atoms with van der Waals surface area (Å²) in [5.41, 5.74) is 0.186. The summed E-state index contributed by atoms with van der Waals surface area (Å²) in [5, 5.41) is 11.5. The highest BCUT2D eigenvalue weighted by molar-refractivity contribution is 5.82. The monoisotopic (exact) mass is 268 g/mol. The van der Waals surface area contributed by atoms with Crippen molar-refractivity contribution in [1.29, 1.82) is 0 Å². The fourth-order valence-electron chi connectivity index (χ4n) is 2.92. The van der Waals surface area contributed by atoms with Crippen LogP contribution in [0.1, 0.15) is 33.1 Å². The number of rotatable bonds is 5. The van der Waals surface area contributed by atoms with Crippen LogP contribution in [0.15, 0.2) is 0 Å². The first kappa shape index (κ1) is 14.3. The Bertz CT molecular complexity index is 368. The second-order valence-electron chi connectivity index (χ2n) is 6.56. The molecule has 1 aliphatic carbocycles. The van der Waals surface area contributed by atoms with Gasteiger partial charge in [0.05, 0.1) is 6.54 Å². The highest BCUT2D eigenvalue weighted by Crippen LogP contribution is 2.52. The molecule has 1 aliphatic heterocycles. The van der Waals surface area contributed by atoms with Crippen LogP contribution in [0.5, 0.6) is 0 Å². The van der Waals surface area contributed by atoms with E-state index in [4.69, 9.17) is 5.11 Å². The number of likely N-dealkylation sites (tertiary alicyclic amines) is 1. The van der Waals surface area contributed by atoms with Gasteiger partial charge in [0, 0.05) is 25.6 Å². The largest absolute Gasteiger partial charge is 0.480 e. The molecule has 1 heterocycles. The maximum absolute atomic E-state index is 12.3. The van der Waals surface area contributed by atoms with E-state index < -0.39 is 5.97 Å². The summed E-state index contributed by atoms with van der Waals surface area (Å²) in [6, 6.07) is 0. The van der Waals surface area contributed by atoms with E-state index in [2.05, 4.69) is 19.2 Å². The molecule has 2 fully saturated rings. The van der Waals surface area contributed by atoms with Gasteiger partial charge in [0.25, 0.3) is 0 Å². The summed E-state index contributed by atoms with van der Waals surface area (Å²) >= 11 is 0. The molecule has 0 aromatic rings. The molecule has 2 atom stereocenters. The minimum absolute atomic E-state index is 0.000102. The average molecular weight is 268 g/mol.